The van der Waals surface area contributed by atoms with Crippen molar-refractivity contribution in [2.45, 2.75) is 55.9 Å². The third-order valence-electron chi connectivity index (χ3n) is 6.92. The number of nitrogens with zero attached hydrogens (tertiary/aromatic N) is 4. The molecule has 3 unspecified atom stereocenters. The van der Waals surface area contributed by atoms with Gasteiger partial charge >= 0.3 is 0 Å². The zero-order chi connectivity index (χ0) is 30.9. The Morgan fingerprint density at radius 1 is 0.977 bits per heavy atom. The molecule has 3 atom stereocenters. The lowest BCUT2D eigenvalue weighted by atomic mass is 10.0. The zero-order valence-electron chi connectivity index (χ0n) is 23.6. The number of hydrogen-bond donors (Lipinski definition) is 5. The summed E-state index contributed by atoms with van der Waals surface area (Å²) >= 11 is 1.43. The monoisotopic (exact) mass is 620 g/mol. The number of hydrogen-bond acceptors (Lipinski definition) is 11. The minimum atomic E-state index is -0.741. The fourth-order valence-corrected chi connectivity index (χ4v) is 5.58. The van der Waals surface area contributed by atoms with E-state index in [2.05, 4.69) is 20.8 Å². The topological polar surface area (TPSA) is 181 Å². The van der Waals surface area contributed by atoms with Crippen LogP contribution in [0.3, 0.4) is 0 Å². The van der Waals surface area contributed by atoms with Crippen LogP contribution in [-0.4, -0.2) is 59.3 Å². The molecule has 0 saturated carbocycles. The quantitative estimate of drug-likeness (QED) is 0.0883. The highest BCUT2D eigenvalue weighted by molar-refractivity contribution is 7.99. The van der Waals surface area contributed by atoms with Gasteiger partial charge < -0.3 is 25.0 Å². The summed E-state index contributed by atoms with van der Waals surface area (Å²) < 4.78 is 14.4. The third-order valence-corrected chi connectivity index (χ3v) is 7.97. The summed E-state index contributed by atoms with van der Waals surface area (Å²) in [4.78, 5) is 23.6. The zero-order valence-corrected chi connectivity index (χ0v) is 24.4. The summed E-state index contributed by atoms with van der Waals surface area (Å²) in [5.74, 6) is -0.148. The van der Waals surface area contributed by atoms with E-state index >= 15 is 0 Å². The van der Waals surface area contributed by atoms with E-state index in [4.69, 9.17) is 14.7 Å². The molecule has 44 heavy (non-hydrogen) atoms. The number of aromatic hydroxyl groups is 1. The van der Waals surface area contributed by atoms with E-state index in [-0.39, 0.29) is 43.3 Å². The highest BCUT2D eigenvalue weighted by atomic mass is 32.2. The average Bonchev–Trinajstić information content (AvgIpc) is 3.52. The molecular formula is C30H32N6O7S. The van der Waals surface area contributed by atoms with Crippen LogP contribution in [-0.2, 0) is 25.7 Å². The number of aliphatic hydroxyl groups is 1. The van der Waals surface area contributed by atoms with Gasteiger partial charge in [-0.25, -0.2) is 5.48 Å². The predicted molar refractivity (Wildman–Crippen MR) is 159 cm³/mol. The van der Waals surface area contributed by atoms with Crippen molar-refractivity contribution < 1.29 is 34.5 Å². The van der Waals surface area contributed by atoms with Crippen LogP contribution in [0.2, 0.25) is 0 Å². The van der Waals surface area contributed by atoms with Gasteiger partial charge in [0.1, 0.15) is 5.75 Å². The first-order chi connectivity index (χ1) is 21.4. The second kappa shape index (κ2) is 14.9. The number of tetrazole rings is 1. The minimum absolute atomic E-state index is 0.0368. The highest BCUT2D eigenvalue weighted by Crippen LogP contribution is 2.40. The molecular weight excluding hydrogens is 588 g/mol. The van der Waals surface area contributed by atoms with Gasteiger partial charge in [-0.15, -0.1) is 5.10 Å². The lowest BCUT2D eigenvalue weighted by Gasteiger charge is -2.36. The molecule has 3 aromatic carbocycles. The van der Waals surface area contributed by atoms with Gasteiger partial charge in [0.15, 0.2) is 6.29 Å². The Balaban J connectivity index is 1.30. The number of anilines is 1. The van der Waals surface area contributed by atoms with Crippen LogP contribution in [0, 0.1) is 0 Å². The molecule has 13 nitrogen and oxygen atoms in total. The van der Waals surface area contributed by atoms with E-state index in [9.17, 15) is 19.8 Å². The lowest BCUT2D eigenvalue weighted by Crippen LogP contribution is -2.31. The standard InChI is InChI=1S/C30H32N6O7S/c37-17-19-7-9-20(10-8-19)26-16-25(18-44-30-32-34-35-36(30)23-11-13-24(38)14-12-23)42-29(43-26)21-3-1-4-22(15-21)31-27(39)5-2-6-28(40)33-41/h1,3-4,7-15,25-26,29,37-38,41H,2,5-6,16-18H2,(H,31,39)(H,33,40). The van der Waals surface area contributed by atoms with Crippen LogP contribution in [0.25, 0.3) is 5.69 Å². The molecule has 2 amide bonds. The number of aliphatic hydroxyl groups excluding tert-OH is 1. The normalized spacial score (nSPS) is 18.1. The van der Waals surface area contributed by atoms with Crippen molar-refractivity contribution in [1.29, 1.82) is 0 Å². The van der Waals surface area contributed by atoms with Crippen molar-refractivity contribution in [3.63, 3.8) is 0 Å². The van der Waals surface area contributed by atoms with Crippen molar-refractivity contribution in [1.82, 2.24) is 25.7 Å². The summed E-state index contributed by atoms with van der Waals surface area (Å²) in [5.41, 5.74) is 5.27. The summed E-state index contributed by atoms with van der Waals surface area (Å²) in [6.07, 6.45) is -0.314. The van der Waals surface area contributed by atoms with E-state index < -0.39 is 12.2 Å². The molecule has 1 fully saturated rings. The summed E-state index contributed by atoms with van der Waals surface area (Å²) in [6, 6.07) is 21.4. The number of carbonyl (C=O) groups is 2. The van der Waals surface area contributed by atoms with Crippen molar-refractivity contribution in [3.05, 3.63) is 89.5 Å². The fraction of sp³-hybridized carbons (Fsp3) is 0.300. The van der Waals surface area contributed by atoms with Crippen molar-refractivity contribution in [2.24, 2.45) is 0 Å². The fourth-order valence-electron chi connectivity index (χ4n) is 4.67. The number of phenols is 1. The second-order valence-corrected chi connectivity index (χ2v) is 11.1. The van der Waals surface area contributed by atoms with Crippen LogP contribution >= 0.6 is 11.8 Å². The summed E-state index contributed by atoms with van der Waals surface area (Å²) in [6.45, 7) is -0.0559. The number of nitrogens with one attached hydrogen (secondary N) is 2. The molecule has 230 valence electrons. The maximum Gasteiger partial charge on any atom is 0.243 e. The molecule has 1 aromatic heterocycles. The maximum atomic E-state index is 12.4. The Bertz CT molecular complexity index is 1550. The molecule has 2 heterocycles. The molecule has 14 heteroatoms. The molecule has 4 aromatic rings. The number of carbonyl (C=O) groups excluding carboxylic acids is 2. The number of rotatable bonds is 12. The van der Waals surface area contributed by atoms with E-state index in [0.717, 1.165) is 11.1 Å². The maximum absolute atomic E-state index is 12.4. The van der Waals surface area contributed by atoms with Gasteiger partial charge in [0.25, 0.3) is 0 Å². The van der Waals surface area contributed by atoms with Crippen LogP contribution in [0.15, 0.2) is 78.0 Å². The molecule has 1 saturated heterocycles. The molecule has 0 aliphatic carbocycles. The number of phenolic OH excluding ortho intramolecular Hbond substituents is 1. The lowest BCUT2D eigenvalue weighted by molar-refractivity contribution is -0.245. The predicted octanol–water partition coefficient (Wildman–Crippen LogP) is 3.81. The highest BCUT2D eigenvalue weighted by Gasteiger charge is 2.33. The first-order valence-electron chi connectivity index (χ1n) is 14.0. The van der Waals surface area contributed by atoms with Gasteiger partial charge in [-0.2, -0.15) is 4.68 Å². The summed E-state index contributed by atoms with van der Waals surface area (Å²) in [7, 11) is 0. The van der Waals surface area contributed by atoms with Crippen LogP contribution in [0.4, 0.5) is 5.69 Å². The van der Waals surface area contributed by atoms with Gasteiger partial charge in [0, 0.05) is 36.3 Å². The van der Waals surface area contributed by atoms with Crippen molar-refractivity contribution in [2.75, 3.05) is 11.1 Å². The third kappa shape index (κ3) is 8.18. The largest absolute Gasteiger partial charge is 0.508 e. The van der Waals surface area contributed by atoms with Crippen LogP contribution < -0.4 is 10.8 Å². The first-order valence-corrected chi connectivity index (χ1v) is 14.9. The van der Waals surface area contributed by atoms with Crippen molar-refractivity contribution in [3.8, 4) is 11.4 Å². The molecule has 5 rings (SSSR count). The number of amides is 2. The SMILES string of the molecule is O=C(CCCC(=O)Nc1cccc(C2OC(CSc3nnnn3-c3ccc(O)cc3)CC(c3ccc(CO)cc3)O2)c1)NO. The molecule has 1 aliphatic heterocycles. The molecule has 0 spiro atoms. The van der Waals surface area contributed by atoms with Gasteiger partial charge in [-0.3, -0.25) is 14.8 Å². The Hall–Kier alpha value is -4.34. The van der Waals surface area contributed by atoms with Gasteiger partial charge in [-0.05, 0) is 64.4 Å². The Labute approximate surface area is 257 Å². The second-order valence-electron chi connectivity index (χ2n) is 10.1. The summed E-state index contributed by atoms with van der Waals surface area (Å²) in [5, 5.41) is 43.2. The van der Waals surface area contributed by atoms with Crippen LogP contribution in [0.5, 0.6) is 5.75 Å². The Kier molecular flexibility index (Phi) is 10.5. The molecule has 5 N–H and O–H groups in total. The van der Waals surface area contributed by atoms with E-state index in [0.29, 0.717) is 40.7 Å². The number of hydroxylamine groups is 1. The number of benzene rings is 3. The number of ether oxygens (including phenoxy) is 2. The first kappa shape index (κ1) is 31.1. The Morgan fingerprint density at radius 3 is 2.50 bits per heavy atom. The Morgan fingerprint density at radius 2 is 1.75 bits per heavy atom. The molecule has 1 aliphatic rings. The van der Waals surface area contributed by atoms with Gasteiger partial charge in [0.05, 0.1) is 24.5 Å². The van der Waals surface area contributed by atoms with E-state index in [1.807, 2.05) is 30.3 Å². The molecule has 0 radical (unpaired) electrons. The minimum Gasteiger partial charge on any atom is -0.508 e. The van der Waals surface area contributed by atoms with E-state index in [1.165, 1.54) is 11.8 Å². The van der Waals surface area contributed by atoms with Gasteiger partial charge in [0.2, 0.25) is 17.0 Å². The molecule has 0 bridgehead atoms. The van der Waals surface area contributed by atoms with Crippen molar-refractivity contribution >= 4 is 29.3 Å². The smallest absolute Gasteiger partial charge is 0.243 e. The number of thioether (sulfide) groups is 1. The number of aromatic nitrogens is 4. The van der Waals surface area contributed by atoms with E-state index in [1.54, 1.807) is 52.6 Å². The van der Waals surface area contributed by atoms with Gasteiger partial charge in [-0.1, -0.05) is 48.2 Å². The average molecular weight is 621 g/mol. The van der Waals surface area contributed by atoms with Crippen LogP contribution in [0.1, 0.15) is 54.8 Å².